The molecule has 0 heterocycles. The predicted octanol–water partition coefficient (Wildman–Crippen LogP) is 9.67. The van der Waals surface area contributed by atoms with Crippen molar-refractivity contribution in [2.45, 2.75) is 84.0 Å². The molecule has 0 bridgehead atoms. The fourth-order valence-corrected chi connectivity index (χ4v) is 5.57. The van der Waals surface area contributed by atoms with Gasteiger partial charge in [0.05, 0.1) is 6.61 Å². The van der Waals surface area contributed by atoms with Gasteiger partial charge in [-0.1, -0.05) is 74.4 Å². The van der Waals surface area contributed by atoms with E-state index >= 15 is 0 Å². The van der Waals surface area contributed by atoms with Crippen LogP contribution >= 0.6 is 0 Å². The van der Waals surface area contributed by atoms with Crippen LogP contribution in [0.2, 0.25) is 0 Å². The Hall–Kier alpha value is -2.68. The summed E-state index contributed by atoms with van der Waals surface area (Å²) >= 11 is 0. The van der Waals surface area contributed by atoms with Gasteiger partial charge in [0.1, 0.15) is 0 Å². The second-order valence-corrected chi connectivity index (χ2v) is 10.3. The van der Waals surface area contributed by atoms with Crippen molar-refractivity contribution < 1.29 is 13.5 Å². The van der Waals surface area contributed by atoms with Gasteiger partial charge in [-0.05, 0) is 104 Å². The topological polar surface area (TPSA) is 9.23 Å². The maximum Gasteiger partial charge on any atom is 0.200 e. The Balaban J connectivity index is 1.26. The molecule has 0 radical (unpaired) electrons. The van der Waals surface area contributed by atoms with Crippen LogP contribution in [0, 0.1) is 17.6 Å². The number of halogens is 2. The molecular weight excluding hydrogens is 450 g/mol. The molecule has 1 aliphatic rings. The zero-order valence-corrected chi connectivity index (χ0v) is 21.9. The Morgan fingerprint density at radius 3 is 2.03 bits per heavy atom. The molecule has 0 unspecified atom stereocenters. The molecule has 36 heavy (non-hydrogen) atoms. The third-order valence-corrected chi connectivity index (χ3v) is 7.83. The molecule has 4 rings (SSSR count). The summed E-state index contributed by atoms with van der Waals surface area (Å²) in [6.45, 7) is 4.34. The van der Waals surface area contributed by atoms with Gasteiger partial charge >= 0.3 is 0 Å². The molecule has 3 heteroatoms. The molecule has 1 fully saturated rings. The number of unbranched alkanes of at least 4 members (excludes halogenated alkanes) is 2. The molecule has 1 saturated carbocycles. The monoisotopic (exact) mass is 490 g/mol. The normalized spacial score (nSPS) is 17.8. The van der Waals surface area contributed by atoms with Crippen LogP contribution in [0.25, 0.3) is 11.1 Å². The minimum Gasteiger partial charge on any atom is -0.491 e. The average Bonchev–Trinajstić information content (AvgIpc) is 2.92. The number of ether oxygens (including phenoxy) is 1. The molecule has 0 N–H and O–H groups in total. The molecule has 0 spiro atoms. The first-order valence-electron chi connectivity index (χ1n) is 13.9. The van der Waals surface area contributed by atoms with E-state index < -0.39 is 11.6 Å². The highest BCUT2D eigenvalue weighted by Gasteiger charge is 2.23. The molecule has 1 aliphatic carbocycles. The van der Waals surface area contributed by atoms with E-state index in [0.717, 1.165) is 32.1 Å². The highest BCUT2D eigenvalue weighted by atomic mass is 19.2. The summed E-state index contributed by atoms with van der Waals surface area (Å²) in [7, 11) is 0. The lowest BCUT2D eigenvalue weighted by atomic mass is 9.76. The third kappa shape index (κ3) is 6.75. The zero-order valence-electron chi connectivity index (χ0n) is 21.9. The Labute approximate surface area is 215 Å². The van der Waals surface area contributed by atoms with Crippen LogP contribution in [-0.2, 0) is 12.8 Å². The lowest BCUT2D eigenvalue weighted by molar-refractivity contribution is 0.305. The molecule has 0 atom stereocenters. The van der Waals surface area contributed by atoms with E-state index in [1.165, 1.54) is 47.9 Å². The molecule has 0 saturated heterocycles. The largest absolute Gasteiger partial charge is 0.491 e. The lowest BCUT2D eigenvalue weighted by Gasteiger charge is -2.29. The Kier molecular flexibility index (Phi) is 9.55. The molecule has 3 aromatic carbocycles. The molecule has 0 amide bonds. The highest BCUT2D eigenvalue weighted by molar-refractivity contribution is 5.64. The third-order valence-electron chi connectivity index (χ3n) is 7.83. The SMILES string of the molecule is CCCCCc1ccc(-c2ccc(C3CCC(CCc4ccc(OCC)c(F)c4F)CC3)cc2)cc1. The summed E-state index contributed by atoms with van der Waals surface area (Å²) in [4.78, 5) is 0. The van der Waals surface area contributed by atoms with E-state index in [4.69, 9.17) is 4.74 Å². The van der Waals surface area contributed by atoms with Crippen molar-refractivity contribution in [1.82, 2.24) is 0 Å². The minimum atomic E-state index is -0.857. The van der Waals surface area contributed by atoms with E-state index in [1.54, 1.807) is 19.1 Å². The van der Waals surface area contributed by atoms with Crippen LogP contribution in [0.3, 0.4) is 0 Å². The van der Waals surface area contributed by atoms with Crippen molar-refractivity contribution in [1.29, 1.82) is 0 Å². The van der Waals surface area contributed by atoms with E-state index in [0.29, 0.717) is 30.4 Å². The van der Waals surface area contributed by atoms with Crippen LogP contribution in [0.5, 0.6) is 5.75 Å². The lowest BCUT2D eigenvalue weighted by Crippen LogP contribution is -2.14. The number of aryl methyl sites for hydroxylation is 2. The van der Waals surface area contributed by atoms with Gasteiger partial charge < -0.3 is 4.74 Å². The average molecular weight is 491 g/mol. The number of benzene rings is 3. The Morgan fingerprint density at radius 1 is 0.722 bits per heavy atom. The van der Waals surface area contributed by atoms with Crippen molar-refractivity contribution in [3.63, 3.8) is 0 Å². The van der Waals surface area contributed by atoms with E-state index in [-0.39, 0.29) is 5.75 Å². The first kappa shape index (κ1) is 26.4. The van der Waals surface area contributed by atoms with Crippen LogP contribution in [0.4, 0.5) is 8.78 Å². The number of hydrogen-bond donors (Lipinski definition) is 0. The zero-order chi connectivity index (χ0) is 25.3. The van der Waals surface area contributed by atoms with Crippen molar-refractivity contribution >= 4 is 0 Å². The molecular formula is C33H40F2O. The van der Waals surface area contributed by atoms with Crippen molar-refractivity contribution in [3.8, 4) is 16.9 Å². The molecule has 0 aromatic heterocycles. The smallest absolute Gasteiger partial charge is 0.200 e. The maximum atomic E-state index is 14.4. The molecule has 3 aromatic rings. The van der Waals surface area contributed by atoms with E-state index in [1.807, 2.05) is 0 Å². The summed E-state index contributed by atoms with van der Waals surface area (Å²) in [5.41, 5.74) is 5.87. The van der Waals surface area contributed by atoms with Crippen molar-refractivity contribution in [2.24, 2.45) is 5.92 Å². The van der Waals surface area contributed by atoms with Gasteiger partial charge in [0.25, 0.3) is 0 Å². The number of rotatable bonds is 11. The van der Waals surface area contributed by atoms with Gasteiger partial charge in [-0.15, -0.1) is 0 Å². The van der Waals surface area contributed by atoms with Gasteiger partial charge in [0.2, 0.25) is 5.82 Å². The van der Waals surface area contributed by atoms with Crippen LogP contribution in [0.15, 0.2) is 60.7 Å². The maximum absolute atomic E-state index is 14.4. The molecule has 1 nitrogen and oxygen atoms in total. The Morgan fingerprint density at radius 2 is 1.39 bits per heavy atom. The summed E-state index contributed by atoms with van der Waals surface area (Å²) in [5.74, 6) is -0.434. The summed E-state index contributed by atoms with van der Waals surface area (Å²) < 4.78 is 33.7. The van der Waals surface area contributed by atoms with Crippen LogP contribution in [-0.4, -0.2) is 6.61 Å². The van der Waals surface area contributed by atoms with E-state index in [9.17, 15) is 8.78 Å². The first-order valence-corrected chi connectivity index (χ1v) is 13.9. The second kappa shape index (κ2) is 13.0. The summed E-state index contributed by atoms with van der Waals surface area (Å²) in [6, 6.07) is 21.4. The van der Waals surface area contributed by atoms with Gasteiger partial charge in [-0.3, -0.25) is 0 Å². The van der Waals surface area contributed by atoms with E-state index in [2.05, 4.69) is 55.5 Å². The highest BCUT2D eigenvalue weighted by Crippen LogP contribution is 2.38. The predicted molar refractivity (Wildman–Crippen MR) is 146 cm³/mol. The van der Waals surface area contributed by atoms with Crippen LogP contribution in [0.1, 0.15) is 87.8 Å². The standard InChI is InChI=1S/C33H40F2O/c1-3-5-6-7-24-8-13-26(14-9-24)28-18-20-29(21-19-28)27-15-10-25(11-16-27)12-17-30-22-23-31(36-4-2)33(35)32(30)34/h8-9,13-14,18-23,25,27H,3-7,10-12,15-17H2,1-2H3. The fraction of sp³-hybridized carbons (Fsp3) is 0.455. The fourth-order valence-electron chi connectivity index (χ4n) is 5.57. The van der Waals surface area contributed by atoms with Gasteiger partial charge in [-0.2, -0.15) is 4.39 Å². The van der Waals surface area contributed by atoms with Crippen LogP contribution < -0.4 is 4.74 Å². The Bertz CT molecular complexity index is 1080. The molecule has 192 valence electrons. The minimum absolute atomic E-state index is 0.00435. The van der Waals surface area contributed by atoms with Gasteiger partial charge in [0, 0.05) is 0 Å². The quantitative estimate of drug-likeness (QED) is 0.243. The first-order chi connectivity index (χ1) is 17.6. The van der Waals surface area contributed by atoms with Gasteiger partial charge in [0.15, 0.2) is 11.6 Å². The molecule has 0 aliphatic heterocycles. The second-order valence-electron chi connectivity index (χ2n) is 10.3. The van der Waals surface area contributed by atoms with Crippen molar-refractivity contribution in [2.75, 3.05) is 6.61 Å². The summed E-state index contributed by atoms with van der Waals surface area (Å²) in [6.07, 6.45) is 11.1. The van der Waals surface area contributed by atoms with Crippen molar-refractivity contribution in [3.05, 3.63) is 89.0 Å². The van der Waals surface area contributed by atoms with Gasteiger partial charge in [-0.25, -0.2) is 4.39 Å². The number of hydrogen-bond acceptors (Lipinski definition) is 1. The summed E-state index contributed by atoms with van der Waals surface area (Å²) in [5, 5.41) is 0.